The summed E-state index contributed by atoms with van der Waals surface area (Å²) >= 11 is 3.55. The molecule has 2 atom stereocenters. The monoisotopic (exact) mass is 296 g/mol. The molecular formula is C14H17FN2S2. The Labute approximate surface area is 120 Å². The van der Waals surface area contributed by atoms with Gasteiger partial charge in [-0.05, 0) is 31.2 Å². The average Bonchev–Trinajstić information content (AvgIpc) is 2.80. The van der Waals surface area contributed by atoms with Gasteiger partial charge in [0.15, 0.2) is 5.13 Å². The van der Waals surface area contributed by atoms with Crippen LogP contribution in [-0.2, 0) is 0 Å². The van der Waals surface area contributed by atoms with Gasteiger partial charge in [0.05, 0.1) is 10.2 Å². The van der Waals surface area contributed by atoms with Crippen molar-refractivity contribution in [3.05, 3.63) is 24.0 Å². The zero-order chi connectivity index (χ0) is 13.2. The molecule has 0 amide bonds. The number of halogens is 1. The molecule has 2 nitrogen and oxygen atoms in total. The second-order valence-corrected chi connectivity index (χ2v) is 7.05. The molecule has 1 aliphatic rings. The van der Waals surface area contributed by atoms with Gasteiger partial charge in [0.1, 0.15) is 5.82 Å². The maximum atomic E-state index is 13.2. The first kappa shape index (κ1) is 13.2. The van der Waals surface area contributed by atoms with E-state index in [4.69, 9.17) is 0 Å². The molecule has 3 rings (SSSR count). The summed E-state index contributed by atoms with van der Waals surface area (Å²) in [7, 11) is 0. The second-order valence-electron chi connectivity index (χ2n) is 4.94. The first-order chi connectivity index (χ1) is 9.26. The number of thiazole rings is 1. The maximum Gasteiger partial charge on any atom is 0.184 e. The van der Waals surface area contributed by atoms with Crippen LogP contribution < -0.4 is 5.32 Å². The molecule has 1 heterocycles. The fourth-order valence-corrected chi connectivity index (χ4v) is 4.51. The van der Waals surface area contributed by atoms with Gasteiger partial charge >= 0.3 is 0 Å². The van der Waals surface area contributed by atoms with Gasteiger partial charge < -0.3 is 5.32 Å². The normalized spacial score (nSPS) is 23.7. The molecule has 5 heteroatoms. The molecule has 1 saturated carbocycles. The second kappa shape index (κ2) is 5.67. The predicted molar refractivity (Wildman–Crippen MR) is 82.8 cm³/mol. The summed E-state index contributed by atoms with van der Waals surface area (Å²) in [5.41, 5.74) is 0.754. The Morgan fingerprint density at radius 3 is 3.05 bits per heavy atom. The number of anilines is 1. The molecule has 2 aromatic rings. The molecule has 19 heavy (non-hydrogen) atoms. The molecule has 1 aromatic carbocycles. The van der Waals surface area contributed by atoms with Gasteiger partial charge in [0, 0.05) is 17.4 Å². The van der Waals surface area contributed by atoms with Crippen molar-refractivity contribution in [2.75, 3.05) is 11.6 Å². The third-order valence-electron chi connectivity index (χ3n) is 3.66. The first-order valence-electron chi connectivity index (χ1n) is 6.61. The third kappa shape index (κ3) is 2.87. The highest BCUT2D eigenvalue weighted by atomic mass is 32.2. The number of hydrogen-bond donors (Lipinski definition) is 1. The van der Waals surface area contributed by atoms with E-state index >= 15 is 0 Å². The van der Waals surface area contributed by atoms with Crippen LogP contribution in [0.15, 0.2) is 18.2 Å². The van der Waals surface area contributed by atoms with Crippen LogP contribution in [0.2, 0.25) is 0 Å². The average molecular weight is 296 g/mol. The van der Waals surface area contributed by atoms with Crippen molar-refractivity contribution in [3.8, 4) is 0 Å². The van der Waals surface area contributed by atoms with E-state index < -0.39 is 0 Å². The highest BCUT2D eigenvalue weighted by Crippen LogP contribution is 2.32. The number of nitrogens with zero attached hydrogens (tertiary/aromatic N) is 1. The van der Waals surface area contributed by atoms with Gasteiger partial charge in [-0.15, -0.1) is 0 Å². The summed E-state index contributed by atoms with van der Waals surface area (Å²) in [4.78, 5) is 4.49. The molecule has 102 valence electrons. The minimum atomic E-state index is -0.219. The Bertz CT molecular complexity index is 570. The number of aromatic nitrogens is 1. The Hall–Kier alpha value is -0.810. The molecule has 1 fully saturated rings. The van der Waals surface area contributed by atoms with E-state index in [2.05, 4.69) is 16.6 Å². The minimum absolute atomic E-state index is 0.219. The number of fused-ring (bicyclic) bond motifs is 1. The van der Waals surface area contributed by atoms with Gasteiger partial charge in [0.2, 0.25) is 0 Å². The molecule has 2 unspecified atom stereocenters. The Morgan fingerprint density at radius 2 is 2.21 bits per heavy atom. The summed E-state index contributed by atoms with van der Waals surface area (Å²) in [6.07, 6.45) is 7.27. The topological polar surface area (TPSA) is 24.9 Å². The molecule has 0 aliphatic heterocycles. The van der Waals surface area contributed by atoms with Crippen LogP contribution in [-0.4, -0.2) is 22.5 Å². The van der Waals surface area contributed by atoms with Crippen molar-refractivity contribution in [2.45, 2.75) is 37.0 Å². The highest BCUT2D eigenvalue weighted by molar-refractivity contribution is 7.99. The Kier molecular flexibility index (Phi) is 3.93. The SMILES string of the molecule is CSC1CCCCC1Nc1nc2cc(F)ccc2s1. The molecule has 0 saturated heterocycles. The van der Waals surface area contributed by atoms with Crippen LogP contribution in [0.4, 0.5) is 9.52 Å². The lowest BCUT2D eigenvalue weighted by Crippen LogP contribution is -2.34. The quantitative estimate of drug-likeness (QED) is 0.901. The van der Waals surface area contributed by atoms with Crippen molar-refractivity contribution in [1.29, 1.82) is 0 Å². The third-order valence-corrected chi connectivity index (χ3v) is 5.80. The van der Waals surface area contributed by atoms with Crippen molar-refractivity contribution in [3.63, 3.8) is 0 Å². The van der Waals surface area contributed by atoms with Crippen LogP contribution in [0.5, 0.6) is 0 Å². The number of nitrogens with one attached hydrogen (secondary N) is 1. The summed E-state index contributed by atoms with van der Waals surface area (Å²) in [6.45, 7) is 0. The van der Waals surface area contributed by atoms with E-state index in [0.29, 0.717) is 11.3 Å². The molecular weight excluding hydrogens is 279 g/mol. The maximum absolute atomic E-state index is 13.2. The van der Waals surface area contributed by atoms with Crippen molar-refractivity contribution in [1.82, 2.24) is 4.98 Å². The minimum Gasteiger partial charge on any atom is -0.358 e. The number of benzene rings is 1. The lowest BCUT2D eigenvalue weighted by molar-refractivity contribution is 0.475. The zero-order valence-corrected chi connectivity index (χ0v) is 12.5. The van der Waals surface area contributed by atoms with Gasteiger partial charge in [-0.25, -0.2) is 9.37 Å². The van der Waals surface area contributed by atoms with Crippen LogP contribution >= 0.6 is 23.1 Å². The van der Waals surface area contributed by atoms with Crippen molar-refractivity contribution < 1.29 is 4.39 Å². The molecule has 0 spiro atoms. The summed E-state index contributed by atoms with van der Waals surface area (Å²) in [6, 6.07) is 5.30. The fraction of sp³-hybridized carbons (Fsp3) is 0.500. The van der Waals surface area contributed by atoms with Gasteiger partial charge in [-0.2, -0.15) is 11.8 Å². The van der Waals surface area contributed by atoms with E-state index in [1.807, 2.05) is 11.8 Å². The fourth-order valence-electron chi connectivity index (χ4n) is 2.66. The summed E-state index contributed by atoms with van der Waals surface area (Å²) < 4.78 is 14.2. The number of thioether (sulfide) groups is 1. The highest BCUT2D eigenvalue weighted by Gasteiger charge is 2.24. The Morgan fingerprint density at radius 1 is 1.37 bits per heavy atom. The van der Waals surface area contributed by atoms with Crippen molar-refractivity contribution >= 4 is 38.4 Å². The number of hydrogen-bond acceptors (Lipinski definition) is 4. The van der Waals surface area contributed by atoms with E-state index in [-0.39, 0.29) is 5.82 Å². The van der Waals surface area contributed by atoms with Crippen molar-refractivity contribution in [2.24, 2.45) is 0 Å². The summed E-state index contributed by atoms with van der Waals surface area (Å²) in [5.74, 6) is -0.219. The first-order valence-corrected chi connectivity index (χ1v) is 8.72. The largest absolute Gasteiger partial charge is 0.358 e. The molecule has 1 N–H and O–H groups in total. The lowest BCUT2D eigenvalue weighted by Gasteiger charge is -2.30. The van der Waals surface area contributed by atoms with Crippen LogP contribution in [0.3, 0.4) is 0 Å². The van der Waals surface area contributed by atoms with Gasteiger partial charge in [0.25, 0.3) is 0 Å². The number of rotatable bonds is 3. The molecule has 0 radical (unpaired) electrons. The van der Waals surface area contributed by atoms with E-state index in [1.54, 1.807) is 17.4 Å². The Balaban J connectivity index is 1.80. The van der Waals surface area contributed by atoms with E-state index in [9.17, 15) is 4.39 Å². The van der Waals surface area contributed by atoms with Gasteiger partial charge in [-0.3, -0.25) is 0 Å². The zero-order valence-electron chi connectivity index (χ0n) is 10.9. The standard InChI is InChI=1S/C14H17FN2S2/c1-18-12-5-3-2-4-10(12)16-14-17-11-8-9(15)6-7-13(11)19-14/h6-8,10,12H,2-5H2,1H3,(H,16,17). The summed E-state index contributed by atoms with van der Waals surface area (Å²) in [5, 5.41) is 5.14. The van der Waals surface area contributed by atoms with Crippen LogP contribution in [0, 0.1) is 5.82 Å². The van der Waals surface area contributed by atoms with Crippen LogP contribution in [0.1, 0.15) is 25.7 Å². The van der Waals surface area contributed by atoms with Crippen LogP contribution in [0.25, 0.3) is 10.2 Å². The van der Waals surface area contributed by atoms with Gasteiger partial charge in [-0.1, -0.05) is 24.2 Å². The lowest BCUT2D eigenvalue weighted by atomic mass is 9.95. The molecule has 0 bridgehead atoms. The van der Waals surface area contributed by atoms with E-state index in [1.165, 1.54) is 37.8 Å². The van der Waals surface area contributed by atoms with E-state index in [0.717, 1.165) is 15.3 Å². The molecule has 1 aliphatic carbocycles. The smallest absolute Gasteiger partial charge is 0.184 e. The predicted octanol–water partition coefficient (Wildman–Crippen LogP) is 4.52. The molecule has 1 aromatic heterocycles.